The first-order valence-corrected chi connectivity index (χ1v) is 8.68. The number of hydrogen-bond donors (Lipinski definition) is 1. The Labute approximate surface area is 143 Å². The fraction of sp³-hybridized carbons (Fsp3) is 0.684. The van der Waals surface area contributed by atoms with Gasteiger partial charge in [0, 0.05) is 18.6 Å². The molecule has 0 amide bonds. The second kappa shape index (κ2) is 7.51. The minimum Gasteiger partial charge on any atom is -0.458 e. The molecule has 0 unspecified atom stereocenters. The summed E-state index contributed by atoms with van der Waals surface area (Å²) in [5, 5.41) is 9.11. The fourth-order valence-corrected chi connectivity index (χ4v) is 3.70. The summed E-state index contributed by atoms with van der Waals surface area (Å²) in [7, 11) is 0. The lowest BCUT2D eigenvalue weighted by Crippen LogP contribution is -2.41. The van der Waals surface area contributed by atoms with E-state index in [0.29, 0.717) is 18.4 Å². The summed E-state index contributed by atoms with van der Waals surface area (Å²) in [4.78, 5) is 24.2. The summed E-state index contributed by atoms with van der Waals surface area (Å²) in [6.45, 7) is 11.7. The molecule has 0 aromatic rings. The predicted molar refractivity (Wildman–Crippen MR) is 90.0 cm³/mol. The minimum atomic E-state index is -0.508. The van der Waals surface area contributed by atoms with Crippen molar-refractivity contribution < 1.29 is 24.2 Å². The van der Waals surface area contributed by atoms with Crippen LogP contribution in [0.4, 0.5) is 0 Å². The van der Waals surface area contributed by atoms with Gasteiger partial charge in [-0.25, -0.2) is 4.79 Å². The van der Waals surface area contributed by atoms with Crippen LogP contribution in [-0.4, -0.2) is 35.9 Å². The van der Waals surface area contributed by atoms with E-state index in [4.69, 9.17) is 14.6 Å². The van der Waals surface area contributed by atoms with E-state index in [1.54, 1.807) is 13.8 Å². The first-order chi connectivity index (χ1) is 11.3. The van der Waals surface area contributed by atoms with Crippen LogP contribution in [0.15, 0.2) is 23.3 Å². The maximum Gasteiger partial charge on any atom is 0.334 e. The second-order valence-corrected chi connectivity index (χ2v) is 7.21. The highest BCUT2D eigenvalue weighted by molar-refractivity contribution is 5.91. The first-order valence-electron chi connectivity index (χ1n) is 8.68. The number of hydrogen-bond acceptors (Lipinski definition) is 5. The molecule has 0 saturated carbocycles. The van der Waals surface area contributed by atoms with Gasteiger partial charge in [-0.05, 0) is 31.3 Å². The molecule has 4 atom stereocenters. The van der Waals surface area contributed by atoms with Crippen molar-refractivity contribution in [2.75, 3.05) is 6.61 Å². The average Bonchev–Trinajstić information content (AvgIpc) is 2.79. The smallest absolute Gasteiger partial charge is 0.334 e. The minimum absolute atomic E-state index is 0.132. The van der Waals surface area contributed by atoms with E-state index in [2.05, 4.69) is 13.5 Å². The zero-order valence-electron chi connectivity index (χ0n) is 15.0. The number of aliphatic hydroxyl groups excluding tert-OH is 1. The van der Waals surface area contributed by atoms with Crippen LogP contribution in [0.2, 0.25) is 0 Å². The van der Waals surface area contributed by atoms with Crippen LogP contribution in [0.3, 0.4) is 0 Å². The Balaban J connectivity index is 2.36. The van der Waals surface area contributed by atoms with Crippen molar-refractivity contribution in [1.29, 1.82) is 0 Å². The molecule has 1 aliphatic heterocycles. The third kappa shape index (κ3) is 3.56. The summed E-state index contributed by atoms with van der Waals surface area (Å²) in [6.07, 6.45) is 1.32. The molecule has 2 aliphatic rings. The topological polar surface area (TPSA) is 72.8 Å². The summed E-state index contributed by atoms with van der Waals surface area (Å²) in [5.74, 6) is -1.08. The SMILES string of the molecule is C=C1C(=O)O[C@@H]2CC(C)=C([C@@H](C)CCCO)[C@@H](OC(=O)C(C)C)[C@H]12. The summed E-state index contributed by atoms with van der Waals surface area (Å²) < 4.78 is 11.2. The standard InChI is InChI=1S/C19H28O5/c1-10(2)18(21)24-17-15(11(3)7-6-8-20)12(4)9-14-16(17)13(5)19(22)23-14/h10-11,14,16-17,20H,5-9H2,1-4H3/t11-,14+,16+,17+/m0/s1. The Kier molecular flexibility index (Phi) is 5.86. The average molecular weight is 336 g/mol. The summed E-state index contributed by atoms with van der Waals surface area (Å²) in [6, 6.07) is 0. The van der Waals surface area contributed by atoms with E-state index in [9.17, 15) is 9.59 Å². The predicted octanol–water partition coefficient (Wildman–Crippen LogP) is 2.78. The van der Waals surface area contributed by atoms with Crippen LogP contribution in [0.5, 0.6) is 0 Å². The van der Waals surface area contributed by atoms with E-state index in [1.807, 2.05) is 6.92 Å². The zero-order valence-corrected chi connectivity index (χ0v) is 15.0. The van der Waals surface area contributed by atoms with Gasteiger partial charge in [-0.3, -0.25) is 4.79 Å². The van der Waals surface area contributed by atoms with E-state index >= 15 is 0 Å². The van der Waals surface area contributed by atoms with Crippen LogP contribution < -0.4 is 0 Å². The Morgan fingerprint density at radius 3 is 2.67 bits per heavy atom. The lowest BCUT2D eigenvalue weighted by atomic mass is 9.73. The number of aliphatic hydroxyl groups is 1. The molecule has 24 heavy (non-hydrogen) atoms. The number of esters is 2. The third-order valence-electron chi connectivity index (χ3n) is 5.00. The van der Waals surface area contributed by atoms with E-state index in [1.165, 1.54) is 0 Å². The highest BCUT2D eigenvalue weighted by Gasteiger charge is 2.50. The Morgan fingerprint density at radius 1 is 1.42 bits per heavy atom. The van der Waals surface area contributed by atoms with Crippen LogP contribution in [0, 0.1) is 17.8 Å². The Morgan fingerprint density at radius 2 is 2.08 bits per heavy atom. The molecule has 0 aromatic carbocycles. The van der Waals surface area contributed by atoms with Crippen molar-refractivity contribution in [3.63, 3.8) is 0 Å². The van der Waals surface area contributed by atoms with Gasteiger partial charge in [0.05, 0.1) is 11.8 Å². The van der Waals surface area contributed by atoms with Crippen LogP contribution in [0.1, 0.15) is 47.0 Å². The van der Waals surface area contributed by atoms with Gasteiger partial charge in [-0.15, -0.1) is 0 Å². The van der Waals surface area contributed by atoms with Crippen LogP contribution >= 0.6 is 0 Å². The summed E-state index contributed by atoms with van der Waals surface area (Å²) >= 11 is 0. The Hall–Kier alpha value is -1.62. The summed E-state index contributed by atoms with van der Waals surface area (Å²) in [5.41, 5.74) is 2.55. The highest BCUT2D eigenvalue weighted by atomic mass is 16.6. The highest BCUT2D eigenvalue weighted by Crippen LogP contribution is 2.45. The lowest BCUT2D eigenvalue weighted by Gasteiger charge is -2.37. The molecule has 1 fully saturated rings. The maximum absolute atomic E-state index is 12.2. The van der Waals surface area contributed by atoms with Gasteiger partial charge in [0.2, 0.25) is 0 Å². The van der Waals surface area contributed by atoms with Crippen molar-refractivity contribution in [2.45, 2.75) is 59.2 Å². The van der Waals surface area contributed by atoms with E-state index < -0.39 is 12.1 Å². The maximum atomic E-state index is 12.2. The fourth-order valence-electron chi connectivity index (χ4n) is 3.70. The second-order valence-electron chi connectivity index (χ2n) is 7.21. The van der Waals surface area contributed by atoms with Gasteiger partial charge in [0.1, 0.15) is 12.2 Å². The molecule has 1 saturated heterocycles. The molecule has 5 nitrogen and oxygen atoms in total. The van der Waals surface area contributed by atoms with Crippen LogP contribution in [0.25, 0.3) is 0 Å². The number of fused-ring (bicyclic) bond motifs is 1. The monoisotopic (exact) mass is 336 g/mol. The van der Waals surface area contributed by atoms with Crippen molar-refractivity contribution in [3.8, 4) is 0 Å². The molecule has 0 bridgehead atoms. The van der Waals surface area contributed by atoms with Crippen molar-refractivity contribution in [3.05, 3.63) is 23.3 Å². The first kappa shape index (κ1) is 18.7. The van der Waals surface area contributed by atoms with Gasteiger partial charge < -0.3 is 14.6 Å². The van der Waals surface area contributed by atoms with Gasteiger partial charge in [-0.1, -0.05) is 32.9 Å². The molecule has 1 aliphatic carbocycles. The molecule has 0 radical (unpaired) electrons. The van der Waals surface area contributed by atoms with Crippen molar-refractivity contribution in [1.82, 2.24) is 0 Å². The molecular weight excluding hydrogens is 308 g/mol. The molecule has 5 heteroatoms. The zero-order chi connectivity index (χ0) is 18.0. The van der Waals surface area contributed by atoms with E-state index in [0.717, 1.165) is 17.6 Å². The molecule has 2 rings (SSSR count). The third-order valence-corrected chi connectivity index (χ3v) is 5.00. The number of carbonyl (C=O) groups is 2. The quantitative estimate of drug-likeness (QED) is 0.459. The van der Waals surface area contributed by atoms with Crippen molar-refractivity contribution in [2.24, 2.45) is 17.8 Å². The van der Waals surface area contributed by atoms with Gasteiger partial charge in [0.15, 0.2) is 0 Å². The molecule has 134 valence electrons. The number of carbonyl (C=O) groups excluding carboxylic acids is 2. The molecular formula is C19H28O5. The number of ether oxygens (including phenoxy) is 2. The van der Waals surface area contributed by atoms with Crippen LogP contribution in [-0.2, 0) is 19.1 Å². The molecule has 1 N–H and O–H groups in total. The molecule has 1 heterocycles. The molecule has 0 spiro atoms. The van der Waals surface area contributed by atoms with Gasteiger partial charge in [0.25, 0.3) is 0 Å². The Bertz CT molecular complexity index is 560. The van der Waals surface area contributed by atoms with Crippen molar-refractivity contribution >= 4 is 11.9 Å². The van der Waals surface area contributed by atoms with Gasteiger partial charge >= 0.3 is 11.9 Å². The lowest BCUT2D eigenvalue weighted by molar-refractivity contribution is -0.155. The number of rotatable bonds is 6. The molecule has 0 aromatic heterocycles. The van der Waals surface area contributed by atoms with E-state index in [-0.39, 0.29) is 36.4 Å². The van der Waals surface area contributed by atoms with Gasteiger partial charge in [-0.2, -0.15) is 0 Å². The normalized spacial score (nSPS) is 28.0. The largest absolute Gasteiger partial charge is 0.458 e.